The van der Waals surface area contributed by atoms with Crippen LogP contribution in [0.15, 0.2) is 60.0 Å². The number of ether oxygens (including phenoxy) is 1. The fourth-order valence-electron chi connectivity index (χ4n) is 3.59. The van der Waals surface area contributed by atoms with Crippen LogP contribution in [-0.4, -0.2) is 40.3 Å². The van der Waals surface area contributed by atoms with Crippen LogP contribution in [-0.2, 0) is 16.1 Å². The molecule has 1 atom stereocenters. The molecule has 1 fully saturated rings. The molecule has 1 aliphatic heterocycles. The second-order valence-electron chi connectivity index (χ2n) is 7.55. The van der Waals surface area contributed by atoms with Gasteiger partial charge >= 0.3 is 6.09 Å². The molecular formula is C24H23N3O4S. The Hall–Kier alpha value is -3.52. The molecule has 0 bridgehead atoms. The lowest BCUT2D eigenvalue weighted by molar-refractivity contribution is -0.120. The van der Waals surface area contributed by atoms with Gasteiger partial charge in [-0.2, -0.15) is 0 Å². The normalized spacial score (nSPS) is 15.4. The number of thiazole rings is 1. The SMILES string of the molecule is CC(=O)c1ccc(-c2csc(NC(=O)[C@@H]3CCCN3C(=O)OCc3ccccc3)n2)cc1. The van der Waals surface area contributed by atoms with E-state index in [4.69, 9.17) is 4.74 Å². The van der Waals surface area contributed by atoms with Gasteiger partial charge in [0, 0.05) is 23.1 Å². The number of nitrogens with one attached hydrogen (secondary N) is 1. The number of rotatable bonds is 6. The Balaban J connectivity index is 1.36. The van der Waals surface area contributed by atoms with Crippen molar-refractivity contribution in [2.75, 3.05) is 11.9 Å². The second-order valence-corrected chi connectivity index (χ2v) is 8.41. The van der Waals surface area contributed by atoms with Crippen molar-refractivity contribution in [2.24, 2.45) is 0 Å². The molecule has 7 nitrogen and oxygen atoms in total. The minimum absolute atomic E-state index is 0.00573. The van der Waals surface area contributed by atoms with Gasteiger partial charge in [0.25, 0.3) is 0 Å². The summed E-state index contributed by atoms with van der Waals surface area (Å²) in [7, 11) is 0. The van der Waals surface area contributed by atoms with E-state index in [1.54, 1.807) is 12.1 Å². The number of anilines is 1. The van der Waals surface area contributed by atoms with Crippen LogP contribution in [0.5, 0.6) is 0 Å². The largest absolute Gasteiger partial charge is 0.445 e. The molecule has 164 valence electrons. The Morgan fingerprint density at radius 3 is 2.59 bits per heavy atom. The number of aromatic nitrogens is 1. The van der Waals surface area contributed by atoms with Gasteiger partial charge in [0.05, 0.1) is 5.69 Å². The zero-order chi connectivity index (χ0) is 22.5. The van der Waals surface area contributed by atoms with Gasteiger partial charge in [0.1, 0.15) is 12.6 Å². The van der Waals surface area contributed by atoms with E-state index in [1.807, 2.05) is 47.8 Å². The number of likely N-dealkylation sites (tertiary alicyclic amines) is 1. The van der Waals surface area contributed by atoms with Gasteiger partial charge in [0.15, 0.2) is 10.9 Å². The summed E-state index contributed by atoms with van der Waals surface area (Å²) in [5, 5.41) is 5.14. The number of carbonyl (C=O) groups excluding carboxylic acids is 3. The van der Waals surface area contributed by atoms with E-state index in [0.717, 1.165) is 17.5 Å². The molecule has 2 amide bonds. The van der Waals surface area contributed by atoms with Crippen molar-refractivity contribution in [1.29, 1.82) is 0 Å². The fraction of sp³-hybridized carbons (Fsp3) is 0.250. The summed E-state index contributed by atoms with van der Waals surface area (Å²) in [5.41, 5.74) is 3.11. The molecule has 1 saturated heterocycles. The molecule has 4 rings (SSSR count). The standard InChI is InChI=1S/C24H23N3O4S/c1-16(28)18-9-11-19(12-10-18)20-15-32-23(25-20)26-22(29)21-8-5-13-27(21)24(30)31-14-17-6-3-2-4-7-17/h2-4,6-7,9-12,15,21H,5,8,13-14H2,1H3,(H,25,26,29)/t21-/m0/s1. The van der Waals surface area contributed by atoms with Gasteiger partial charge in [-0.1, -0.05) is 54.6 Å². The first-order valence-electron chi connectivity index (χ1n) is 10.4. The minimum Gasteiger partial charge on any atom is -0.445 e. The van der Waals surface area contributed by atoms with E-state index >= 15 is 0 Å². The molecular weight excluding hydrogens is 426 g/mol. The summed E-state index contributed by atoms with van der Waals surface area (Å²) in [6, 6.07) is 16.0. The lowest BCUT2D eigenvalue weighted by Crippen LogP contribution is -2.43. The van der Waals surface area contributed by atoms with E-state index in [9.17, 15) is 14.4 Å². The summed E-state index contributed by atoms with van der Waals surface area (Å²) in [5.74, 6) is -0.266. The molecule has 1 aliphatic rings. The van der Waals surface area contributed by atoms with Crippen LogP contribution < -0.4 is 5.32 Å². The molecule has 0 saturated carbocycles. The van der Waals surface area contributed by atoms with E-state index in [1.165, 1.54) is 23.2 Å². The highest BCUT2D eigenvalue weighted by molar-refractivity contribution is 7.14. The first-order valence-corrected chi connectivity index (χ1v) is 11.2. The molecule has 32 heavy (non-hydrogen) atoms. The molecule has 8 heteroatoms. The molecule has 3 aromatic rings. The van der Waals surface area contributed by atoms with E-state index < -0.39 is 12.1 Å². The highest BCUT2D eigenvalue weighted by Crippen LogP contribution is 2.27. The summed E-state index contributed by atoms with van der Waals surface area (Å²) >= 11 is 1.31. The monoisotopic (exact) mass is 449 g/mol. The van der Waals surface area contributed by atoms with Crippen LogP contribution >= 0.6 is 11.3 Å². The number of ketones is 1. The average molecular weight is 450 g/mol. The Morgan fingerprint density at radius 2 is 1.88 bits per heavy atom. The maximum Gasteiger partial charge on any atom is 0.410 e. The molecule has 0 aliphatic carbocycles. The van der Waals surface area contributed by atoms with Gasteiger partial charge in [-0.15, -0.1) is 11.3 Å². The molecule has 0 spiro atoms. The average Bonchev–Trinajstić information content (AvgIpc) is 3.48. The van der Waals surface area contributed by atoms with Gasteiger partial charge in [-0.05, 0) is 25.3 Å². The van der Waals surface area contributed by atoms with Crippen LogP contribution in [0, 0.1) is 0 Å². The number of benzene rings is 2. The number of hydrogen-bond donors (Lipinski definition) is 1. The van der Waals surface area contributed by atoms with Crippen LogP contribution in [0.2, 0.25) is 0 Å². The van der Waals surface area contributed by atoms with Crippen LogP contribution in [0.4, 0.5) is 9.93 Å². The van der Waals surface area contributed by atoms with E-state index in [-0.39, 0.29) is 18.3 Å². The first kappa shape index (κ1) is 21.7. The summed E-state index contributed by atoms with van der Waals surface area (Å²) < 4.78 is 5.40. The van der Waals surface area contributed by atoms with Crippen molar-refractivity contribution >= 4 is 34.3 Å². The fourth-order valence-corrected chi connectivity index (χ4v) is 4.31. The number of hydrogen-bond acceptors (Lipinski definition) is 6. The van der Waals surface area contributed by atoms with Crippen molar-refractivity contribution in [2.45, 2.75) is 32.4 Å². The van der Waals surface area contributed by atoms with Crippen molar-refractivity contribution < 1.29 is 19.1 Å². The van der Waals surface area contributed by atoms with Crippen molar-refractivity contribution in [3.05, 3.63) is 71.1 Å². The third-order valence-corrected chi connectivity index (χ3v) is 6.07. The summed E-state index contributed by atoms with van der Waals surface area (Å²) in [6.45, 7) is 2.18. The molecule has 2 aromatic carbocycles. The smallest absolute Gasteiger partial charge is 0.410 e. The van der Waals surface area contributed by atoms with Crippen LogP contribution in [0.1, 0.15) is 35.7 Å². The molecule has 1 N–H and O–H groups in total. The first-order chi connectivity index (χ1) is 15.5. The number of nitrogens with zero attached hydrogens (tertiary/aromatic N) is 2. The zero-order valence-corrected chi connectivity index (χ0v) is 18.4. The van der Waals surface area contributed by atoms with Crippen molar-refractivity contribution in [3.63, 3.8) is 0 Å². The van der Waals surface area contributed by atoms with Crippen molar-refractivity contribution in [3.8, 4) is 11.3 Å². The number of Topliss-reactive ketones (excluding diaryl/α,β-unsaturated/α-hetero) is 1. The topological polar surface area (TPSA) is 88.6 Å². The summed E-state index contributed by atoms with van der Waals surface area (Å²) in [6.07, 6.45) is 0.832. The zero-order valence-electron chi connectivity index (χ0n) is 17.6. The van der Waals surface area contributed by atoms with Gasteiger partial charge in [0.2, 0.25) is 5.91 Å². The third-order valence-electron chi connectivity index (χ3n) is 5.32. The Kier molecular flexibility index (Phi) is 6.61. The van der Waals surface area contributed by atoms with Crippen LogP contribution in [0.3, 0.4) is 0 Å². The van der Waals surface area contributed by atoms with Crippen molar-refractivity contribution in [1.82, 2.24) is 9.88 Å². The van der Waals surface area contributed by atoms with E-state index in [0.29, 0.717) is 29.4 Å². The molecule has 0 radical (unpaired) electrons. The van der Waals surface area contributed by atoms with Crippen LogP contribution in [0.25, 0.3) is 11.3 Å². The third kappa shape index (κ3) is 5.03. The molecule has 1 aromatic heterocycles. The second kappa shape index (κ2) is 9.74. The maximum absolute atomic E-state index is 12.8. The Morgan fingerprint density at radius 1 is 1.12 bits per heavy atom. The highest BCUT2D eigenvalue weighted by Gasteiger charge is 2.35. The molecule has 2 heterocycles. The number of amides is 2. The quantitative estimate of drug-likeness (QED) is 0.549. The predicted octanol–water partition coefficient (Wildman–Crippen LogP) is 4.75. The van der Waals surface area contributed by atoms with E-state index in [2.05, 4.69) is 10.3 Å². The minimum atomic E-state index is -0.583. The lowest BCUT2D eigenvalue weighted by Gasteiger charge is -2.22. The summed E-state index contributed by atoms with van der Waals surface area (Å²) in [4.78, 5) is 42.8. The highest BCUT2D eigenvalue weighted by atomic mass is 32.1. The number of carbonyl (C=O) groups is 3. The van der Waals surface area contributed by atoms with Gasteiger partial charge in [-0.3, -0.25) is 14.5 Å². The van der Waals surface area contributed by atoms with Gasteiger partial charge < -0.3 is 10.1 Å². The Bertz CT molecular complexity index is 1110. The Labute approximate surface area is 190 Å². The molecule has 0 unspecified atom stereocenters. The van der Waals surface area contributed by atoms with Gasteiger partial charge in [-0.25, -0.2) is 9.78 Å². The lowest BCUT2D eigenvalue weighted by atomic mass is 10.1. The maximum atomic E-state index is 12.8. The predicted molar refractivity (Wildman–Crippen MR) is 123 cm³/mol.